The third kappa shape index (κ3) is 4.77. The van der Waals surface area contributed by atoms with E-state index in [1.807, 2.05) is 0 Å². The van der Waals surface area contributed by atoms with Crippen LogP contribution in [-0.4, -0.2) is 34.4 Å². The van der Waals surface area contributed by atoms with Crippen LogP contribution in [0, 0.1) is 6.92 Å². The van der Waals surface area contributed by atoms with Crippen LogP contribution in [0.2, 0.25) is 0 Å². The summed E-state index contributed by atoms with van der Waals surface area (Å²) in [5.74, 6) is -3.94. The fourth-order valence-corrected chi connectivity index (χ4v) is 4.01. The molecule has 0 unspecified atom stereocenters. The van der Waals surface area contributed by atoms with Crippen molar-refractivity contribution in [2.75, 3.05) is 11.5 Å². The molecule has 1 amide bonds. The minimum Gasteiger partial charge on any atom is -0.483 e. The van der Waals surface area contributed by atoms with Crippen LogP contribution in [0.25, 0.3) is 11.3 Å². The van der Waals surface area contributed by atoms with E-state index in [4.69, 9.17) is 4.74 Å². The number of amides is 1. The molecule has 1 N–H and O–H groups in total. The number of hydrogen-bond donors (Lipinski definition) is 1. The second kappa shape index (κ2) is 8.85. The third-order valence-electron chi connectivity index (χ3n) is 5.89. The molecule has 0 saturated carbocycles. The number of fused-ring (bicyclic) bond motifs is 1. The number of halogens is 5. The largest absolute Gasteiger partial charge is 0.483 e. The maximum atomic E-state index is 14.5. The summed E-state index contributed by atoms with van der Waals surface area (Å²) in [4.78, 5) is 19.1. The second-order valence-corrected chi connectivity index (χ2v) is 9.11. The van der Waals surface area contributed by atoms with Gasteiger partial charge in [-0.1, -0.05) is 24.3 Å². The van der Waals surface area contributed by atoms with Crippen LogP contribution in [0.3, 0.4) is 0 Å². The van der Waals surface area contributed by atoms with Gasteiger partial charge in [0, 0.05) is 33.6 Å². The summed E-state index contributed by atoms with van der Waals surface area (Å²) in [6.07, 6.45) is -4.53. The minimum absolute atomic E-state index is 0.0285. The lowest BCUT2D eigenvalue weighted by molar-refractivity contribution is -0.168. The van der Waals surface area contributed by atoms with Gasteiger partial charge in [-0.25, -0.2) is 0 Å². The molecule has 4 rings (SSSR count). The number of nitrogens with zero attached hydrogens (tertiary/aromatic N) is 2. The maximum Gasteiger partial charge on any atom is 0.422 e. The van der Waals surface area contributed by atoms with E-state index < -0.39 is 35.8 Å². The number of carbonyl (C=O) groups excluding carboxylic acids is 1. The first-order valence-electron chi connectivity index (χ1n) is 11.0. The topological polar surface area (TPSA) is 62.7 Å². The summed E-state index contributed by atoms with van der Waals surface area (Å²) < 4.78 is 72.3. The highest BCUT2D eigenvalue weighted by Crippen LogP contribution is 2.41. The number of aliphatic hydroxyl groups is 1. The van der Waals surface area contributed by atoms with Crippen LogP contribution >= 0.6 is 0 Å². The van der Waals surface area contributed by atoms with E-state index in [-0.39, 0.29) is 12.3 Å². The molecule has 3 aromatic rings. The number of carbonyl (C=O) groups is 1. The van der Waals surface area contributed by atoms with Crippen molar-refractivity contribution >= 4 is 11.6 Å². The Morgan fingerprint density at radius 1 is 1.00 bits per heavy atom. The van der Waals surface area contributed by atoms with Crippen molar-refractivity contribution in [1.29, 1.82) is 0 Å². The van der Waals surface area contributed by atoms with Crippen molar-refractivity contribution in [1.82, 2.24) is 4.98 Å². The Hall–Kier alpha value is -3.53. The summed E-state index contributed by atoms with van der Waals surface area (Å²) in [5, 5.41) is 9.82. The first-order valence-corrected chi connectivity index (χ1v) is 11.0. The maximum absolute atomic E-state index is 14.5. The lowest BCUT2D eigenvalue weighted by atomic mass is 9.93. The molecule has 0 aliphatic carbocycles. The van der Waals surface area contributed by atoms with Gasteiger partial charge in [0.1, 0.15) is 11.4 Å². The van der Waals surface area contributed by atoms with Crippen molar-refractivity contribution in [3.63, 3.8) is 0 Å². The Morgan fingerprint density at radius 2 is 1.64 bits per heavy atom. The average Bonchev–Trinajstić information content (AvgIpc) is 3.12. The van der Waals surface area contributed by atoms with Crippen LogP contribution in [0.1, 0.15) is 41.0 Å². The fourth-order valence-electron chi connectivity index (χ4n) is 4.01. The van der Waals surface area contributed by atoms with E-state index in [0.717, 1.165) is 26.0 Å². The molecule has 2 heterocycles. The summed E-state index contributed by atoms with van der Waals surface area (Å²) in [6, 6.07) is 12.7. The first kappa shape index (κ1) is 25.6. The molecular formula is C26H23F5N2O3. The molecule has 1 aliphatic heterocycles. The van der Waals surface area contributed by atoms with Gasteiger partial charge in [0.15, 0.2) is 6.61 Å². The number of pyridine rings is 1. The number of ether oxygens (including phenoxy) is 1. The number of anilines is 1. The summed E-state index contributed by atoms with van der Waals surface area (Å²) in [6.45, 7) is 2.23. The zero-order valence-electron chi connectivity index (χ0n) is 19.7. The highest BCUT2D eigenvalue weighted by atomic mass is 19.4. The number of para-hydroxylation sites is 1. The molecule has 0 atom stereocenters. The van der Waals surface area contributed by atoms with Gasteiger partial charge in [-0.15, -0.1) is 0 Å². The molecule has 10 heteroatoms. The van der Waals surface area contributed by atoms with E-state index in [1.165, 1.54) is 29.2 Å². The van der Waals surface area contributed by atoms with Gasteiger partial charge in [0.2, 0.25) is 0 Å². The molecule has 1 aromatic heterocycles. The van der Waals surface area contributed by atoms with Gasteiger partial charge in [-0.05, 0) is 51.1 Å². The Labute approximate surface area is 204 Å². The fraction of sp³-hybridized carbons (Fsp3) is 0.308. The third-order valence-corrected chi connectivity index (χ3v) is 5.89. The van der Waals surface area contributed by atoms with Crippen LogP contribution in [0.4, 0.5) is 27.6 Å². The molecule has 36 heavy (non-hydrogen) atoms. The first-order chi connectivity index (χ1) is 16.7. The van der Waals surface area contributed by atoms with Crippen molar-refractivity contribution in [2.45, 2.75) is 45.0 Å². The highest BCUT2D eigenvalue weighted by Gasteiger charge is 2.47. The zero-order chi connectivity index (χ0) is 26.5. The predicted octanol–water partition coefficient (Wildman–Crippen LogP) is 6.02. The number of benzene rings is 2. The minimum atomic E-state index is -4.53. The van der Waals surface area contributed by atoms with E-state index in [0.29, 0.717) is 33.8 Å². The predicted molar refractivity (Wildman–Crippen MR) is 123 cm³/mol. The Morgan fingerprint density at radius 3 is 2.25 bits per heavy atom. The molecule has 190 valence electrons. The van der Waals surface area contributed by atoms with Crippen molar-refractivity contribution in [3.8, 4) is 17.0 Å². The monoisotopic (exact) mass is 506 g/mol. The number of aryl methyl sites for hydroxylation is 1. The van der Waals surface area contributed by atoms with Gasteiger partial charge in [0.25, 0.3) is 5.91 Å². The Kier molecular flexibility index (Phi) is 6.28. The Bertz CT molecular complexity index is 1300. The molecule has 0 bridgehead atoms. The normalized spacial score (nSPS) is 14.2. The van der Waals surface area contributed by atoms with Crippen LogP contribution in [0.5, 0.6) is 5.75 Å². The summed E-state index contributed by atoms with van der Waals surface area (Å²) >= 11 is 0. The van der Waals surface area contributed by atoms with Crippen LogP contribution in [0.15, 0.2) is 54.6 Å². The van der Waals surface area contributed by atoms with Crippen molar-refractivity contribution < 1.29 is 36.6 Å². The Balaban J connectivity index is 1.70. The molecule has 5 nitrogen and oxygen atoms in total. The highest BCUT2D eigenvalue weighted by molar-refractivity contribution is 6.11. The van der Waals surface area contributed by atoms with Gasteiger partial charge in [0.05, 0.1) is 12.2 Å². The number of alkyl halides is 5. The van der Waals surface area contributed by atoms with Crippen LogP contribution in [-0.2, 0) is 12.5 Å². The zero-order valence-corrected chi connectivity index (χ0v) is 19.7. The van der Waals surface area contributed by atoms with Gasteiger partial charge < -0.3 is 14.7 Å². The molecular weight excluding hydrogens is 483 g/mol. The number of rotatable bonds is 6. The molecule has 0 fully saturated rings. The lowest BCUT2D eigenvalue weighted by Gasteiger charge is -2.29. The number of aromatic nitrogens is 1. The van der Waals surface area contributed by atoms with E-state index in [9.17, 15) is 31.9 Å². The molecule has 0 radical (unpaired) electrons. The quantitative estimate of drug-likeness (QED) is 0.416. The van der Waals surface area contributed by atoms with Crippen molar-refractivity contribution in [2.24, 2.45) is 0 Å². The van der Waals surface area contributed by atoms with Gasteiger partial charge in [-0.2, -0.15) is 22.0 Å². The molecule has 0 saturated heterocycles. The summed E-state index contributed by atoms with van der Waals surface area (Å²) in [5.41, 5.74) is -0.458. The lowest BCUT2D eigenvalue weighted by Crippen LogP contribution is -2.40. The van der Waals surface area contributed by atoms with Crippen LogP contribution < -0.4 is 9.64 Å². The smallest absolute Gasteiger partial charge is 0.422 e. The second-order valence-electron chi connectivity index (χ2n) is 9.11. The van der Waals surface area contributed by atoms with Gasteiger partial charge in [-0.3, -0.25) is 9.78 Å². The number of hydrogen-bond acceptors (Lipinski definition) is 4. The SMILES string of the molecule is Cc1cc2c(c(-c3ccccc3OCC(F)(F)F)n1)CN(c1ccc(C(F)(F)C(C)(C)O)cc1)C2=O. The van der Waals surface area contributed by atoms with Gasteiger partial charge >= 0.3 is 12.1 Å². The summed E-state index contributed by atoms with van der Waals surface area (Å²) in [7, 11) is 0. The van der Waals surface area contributed by atoms with E-state index in [1.54, 1.807) is 25.1 Å². The standard InChI is InChI=1S/C26H23F5N2O3/c1-15-12-19-20(22(32-15)18-6-4-5-7-21(18)36-14-25(27,28)29)13-33(23(19)34)17-10-8-16(9-11-17)26(30,31)24(2,3)35/h4-12,35H,13-14H2,1-3H3. The van der Waals surface area contributed by atoms with E-state index >= 15 is 0 Å². The van der Waals surface area contributed by atoms with Crippen molar-refractivity contribution in [3.05, 3.63) is 77.0 Å². The molecule has 2 aromatic carbocycles. The molecule has 1 aliphatic rings. The van der Waals surface area contributed by atoms with E-state index in [2.05, 4.69) is 4.98 Å². The molecule has 0 spiro atoms. The average molecular weight is 506 g/mol.